The summed E-state index contributed by atoms with van der Waals surface area (Å²) in [6.07, 6.45) is 1.66. The molecule has 1 aromatic heterocycles. The summed E-state index contributed by atoms with van der Waals surface area (Å²) < 4.78 is 5.40. The van der Waals surface area contributed by atoms with Gasteiger partial charge >= 0.3 is 0 Å². The molecule has 3 rings (SSSR count). The first-order valence-electron chi connectivity index (χ1n) is 8.52. The third-order valence-corrected chi connectivity index (χ3v) is 4.68. The lowest BCUT2D eigenvalue weighted by atomic mass is 9.93. The van der Waals surface area contributed by atoms with E-state index in [1.807, 2.05) is 6.92 Å². The fourth-order valence-corrected chi connectivity index (χ4v) is 3.34. The summed E-state index contributed by atoms with van der Waals surface area (Å²) >= 11 is 0. The summed E-state index contributed by atoms with van der Waals surface area (Å²) in [4.78, 5) is 36.1. The molecule has 130 valence electrons. The van der Waals surface area contributed by atoms with Gasteiger partial charge in [-0.2, -0.15) is 0 Å². The first kappa shape index (κ1) is 16.8. The van der Waals surface area contributed by atoms with Gasteiger partial charge in [0, 0.05) is 50.8 Å². The third kappa shape index (κ3) is 3.72. The van der Waals surface area contributed by atoms with Crippen molar-refractivity contribution in [1.29, 1.82) is 0 Å². The number of likely N-dealkylation sites (tertiary alicyclic amines) is 1. The Morgan fingerprint density at radius 2 is 1.79 bits per heavy atom. The SMILES string of the molecule is CC(=O)C(=O)N1CCC(c2cc(N3CCOCC3)nc(C)n2)CC1. The summed E-state index contributed by atoms with van der Waals surface area (Å²) in [7, 11) is 0. The van der Waals surface area contributed by atoms with Crippen molar-refractivity contribution in [1.82, 2.24) is 14.9 Å². The van der Waals surface area contributed by atoms with E-state index in [9.17, 15) is 9.59 Å². The second-order valence-corrected chi connectivity index (χ2v) is 6.42. The highest BCUT2D eigenvalue weighted by Gasteiger charge is 2.27. The van der Waals surface area contributed by atoms with E-state index < -0.39 is 0 Å². The van der Waals surface area contributed by atoms with Crippen LogP contribution in [0.2, 0.25) is 0 Å². The van der Waals surface area contributed by atoms with Gasteiger partial charge in [0.15, 0.2) is 0 Å². The molecule has 0 N–H and O–H groups in total. The summed E-state index contributed by atoms with van der Waals surface area (Å²) in [5.41, 5.74) is 1.04. The molecule has 3 heterocycles. The van der Waals surface area contributed by atoms with Crippen molar-refractivity contribution in [2.24, 2.45) is 0 Å². The van der Waals surface area contributed by atoms with Gasteiger partial charge in [0.25, 0.3) is 5.91 Å². The van der Waals surface area contributed by atoms with Crippen LogP contribution in [0.5, 0.6) is 0 Å². The molecule has 0 atom stereocenters. The van der Waals surface area contributed by atoms with Gasteiger partial charge in [0.2, 0.25) is 5.78 Å². The van der Waals surface area contributed by atoms with Crippen LogP contribution in [0.3, 0.4) is 0 Å². The van der Waals surface area contributed by atoms with Crippen molar-refractivity contribution in [3.05, 3.63) is 17.6 Å². The molecule has 2 aliphatic heterocycles. The Hall–Kier alpha value is -2.02. The van der Waals surface area contributed by atoms with Gasteiger partial charge in [-0.05, 0) is 19.8 Å². The van der Waals surface area contributed by atoms with Crippen LogP contribution >= 0.6 is 0 Å². The molecule has 0 aliphatic carbocycles. The van der Waals surface area contributed by atoms with E-state index in [-0.39, 0.29) is 11.7 Å². The highest BCUT2D eigenvalue weighted by atomic mass is 16.5. The molecular formula is C17H24N4O3. The number of rotatable bonds is 3. The van der Waals surface area contributed by atoms with E-state index in [0.717, 1.165) is 56.5 Å². The number of hydrogen-bond donors (Lipinski definition) is 0. The number of amides is 1. The number of ether oxygens (including phenoxy) is 1. The van der Waals surface area contributed by atoms with Gasteiger partial charge in [0.1, 0.15) is 11.6 Å². The van der Waals surface area contributed by atoms with Crippen LogP contribution in [-0.2, 0) is 14.3 Å². The number of aryl methyl sites for hydroxylation is 1. The number of nitrogens with zero attached hydrogens (tertiary/aromatic N) is 4. The van der Waals surface area contributed by atoms with Crippen molar-refractivity contribution in [2.45, 2.75) is 32.6 Å². The van der Waals surface area contributed by atoms with Crippen LogP contribution in [0.1, 0.15) is 37.2 Å². The van der Waals surface area contributed by atoms with Crippen LogP contribution in [0.25, 0.3) is 0 Å². The van der Waals surface area contributed by atoms with Gasteiger partial charge in [-0.15, -0.1) is 0 Å². The lowest BCUT2D eigenvalue weighted by molar-refractivity contribution is -0.144. The van der Waals surface area contributed by atoms with Crippen LogP contribution in [0, 0.1) is 6.92 Å². The minimum absolute atomic E-state index is 0.308. The summed E-state index contributed by atoms with van der Waals surface area (Å²) in [5, 5.41) is 0. The topological polar surface area (TPSA) is 75.6 Å². The number of morpholine rings is 1. The monoisotopic (exact) mass is 332 g/mol. The van der Waals surface area contributed by atoms with Crippen molar-refractivity contribution >= 4 is 17.5 Å². The standard InChI is InChI=1S/C17H24N4O3/c1-12(22)17(23)21-5-3-14(4-6-21)15-11-16(19-13(2)18-15)20-7-9-24-10-8-20/h11,14H,3-10H2,1-2H3. The number of carbonyl (C=O) groups is 2. The average Bonchev–Trinajstić information content (AvgIpc) is 2.61. The number of carbonyl (C=O) groups excluding carboxylic acids is 2. The first-order valence-corrected chi connectivity index (χ1v) is 8.52. The van der Waals surface area contributed by atoms with Gasteiger partial charge in [-0.25, -0.2) is 9.97 Å². The number of ketones is 1. The summed E-state index contributed by atoms with van der Waals surface area (Å²) in [6, 6.07) is 2.07. The Morgan fingerprint density at radius 3 is 2.42 bits per heavy atom. The second kappa shape index (κ2) is 7.25. The summed E-state index contributed by atoms with van der Waals surface area (Å²) in [5.74, 6) is 1.28. The van der Waals surface area contributed by atoms with Gasteiger partial charge in [0.05, 0.1) is 13.2 Å². The fraction of sp³-hybridized carbons (Fsp3) is 0.647. The number of anilines is 1. The summed E-state index contributed by atoms with van der Waals surface area (Å²) in [6.45, 7) is 7.62. The Labute approximate surface area is 142 Å². The van der Waals surface area contributed by atoms with E-state index in [1.165, 1.54) is 6.92 Å². The van der Waals surface area contributed by atoms with Crippen LogP contribution in [-0.4, -0.2) is 66.0 Å². The Bertz CT molecular complexity index is 620. The van der Waals surface area contributed by atoms with Gasteiger partial charge < -0.3 is 14.5 Å². The molecule has 1 aromatic rings. The zero-order chi connectivity index (χ0) is 17.1. The zero-order valence-electron chi connectivity index (χ0n) is 14.3. The molecule has 0 saturated carbocycles. The molecule has 24 heavy (non-hydrogen) atoms. The molecule has 2 fully saturated rings. The first-order chi connectivity index (χ1) is 11.5. The molecule has 7 nitrogen and oxygen atoms in total. The molecule has 2 aliphatic rings. The molecule has 0 spiro atoms. The van der Waals surface area contributed by atoms with E-state index in [2.05, 4.69) is 20.9 Å². The molecular weight excluding hydrogens is 308 g/mol. The number of hydrogen-bond acceptors (Lipinski definition) is 6. The number of piperidine rings is 1. The lowest BCUT2D eigenvalue weighted by Crippen LogP contribution is -2.41. The van der Waals surface area contributed by atoms with E-state index in [1.54, 1.807) is 4.90 Å². The maximum atomic E-state index is 11.8. The van der Waals surface area contributed by atoms with Gasteiger partial charge in [-0.3, -0.25) is 9.59 Å². The predicted octanol–water partition coefficient (Wildman–Crippen LogP) is 0.917. The van der Waals surface area contributed by atoms with E-state index in [0.29, 0.717) is 19.0 Å². The molecule has 0 radical (unpaired) electrons. The van der Waals surface area contributed by atoms with Crippen LogP contribution < -0.4 is 4.90 Å². The van der Waals surface area contributed by atoms with E-state index in [4.69, 9.17) is 4.74 Å². The van der Waals surface area contributed by atoms with Crippen LogP contribution in [0.4, 0.5) is 5.82 Å². The Morgan fingerprint density at radius 1 is 1.12 bits per heavy atom. The molecule has 0 bridgehead atoms. The normalized spacial score (nSPS) is 19.4. The largest absolute Gasteiger partial charge is 0.378 e. The molecule has 0 aromatic carbocycles. The fourth-order valence-electron chi connectivity index (χ4n) is 3.34. The minimum Gasteiger partial charge on any atom is -0.378 e. The average molecular weight is 332 g/mol. The Kier molecular flexibility index (Phi) is 5.08. The molecule has 7 heteroatoms. The molecule has 2 saturated heterocycles. The van der Waals surface area contributed by atoms with Gasteiger partial charge in [-0.1, -0.05) is 0 Å². The zero-order valence-corrected chi connectivity index (χ0v) is 14.3. The number of aromatic nitrogens is 2. The predicted molar refractivity (Wildman–Crippen MR) is 89.0 cm³/mol. The van der Waals surface area contributed by atoms with Crippen LogP contribution in [0.15, 0.2) is 6.07 Å². The molecule has 0 unspecified atom stereocenters. The smallest absolute Gasteiger partial charge is 0.289 e. The maximum absolute atomic E-state index is 11.8. The maximum Gasteiger partial charge on any atom is 0.289 e. The van der Waals surface area contributed by atoms with Crippen molar-refractivity contribution in [3.63, 3.8) is 0 Å². The highest BCUT2D eigenvalue weighted by Crippen LogP contribution is 2.29. The number of Topliss-reactive ketones (excluding diaryl/α,β-unsaturated/α-hetero) is 1. The Balaban J connectivity index is 1.70. The third-order valence-electron chi connectivity index (χ3n) is 4.68. The second-order valence-electron chi connectivity index (χ2n) is 6.42. The highest BCUT2D eigenvalue weighted by molar-refractivity contribution is 6.35. The quantitative estimate of drug-likeness (QED) is 0.766. The van der Waals surface area contributed by atoms with E-state index >= 15 is 0 Å². The minimum atomic E-state index is -0.388. The lowest BCUT2D eigenvalue weighted by Gasteiger charge is -2.32. The van der Waals surface area contributed by atoms with Crippen molar-refractivity contribution in [3.8, 4) is 0 Å². The van der Waals surface area contributed by atoms with Crippen molar-refractivity contribution in [2.75, 3.05) is 44.3 Å². The molecule has 1 amide bonds. The van der Waals surface area contributed by atoms with Crippen molar-refractivity contribution < 1.29 is 14.3 Å².